The number of nitrogens with zero attached hydrogens (tertiary/aromatic N) is 2. The summed E-state index contributed by atoms with van der Waals surface area (Å²) < 4.78 is 0. The second-order valence-corrected chi connectivity index (χ2v) is 11.5. The zero-order valence-corrected chi connectivity index (χ0v) is 24.7. The molecule has 2 saturated heterocycles. The van der Waals surface area contributed by atoms with Crippen molar-refractivity contribution in [1.29, 1.82) is 0 Å². The lowest BCUT2D eigenvalue weighted by atomic mass is 9.89. The summed E-state index contributed by atoms with van der Waals surface area (Å²) in [5.74, 6) is -0.439. The third kappa shape index (κ3) is 6.22. The summed E-state index contributed by atoms with van der Waals surface area (Å²) in [6, 6.07) is 19.3. The summed E-state index contributed by atoms with van der Waals surface area (Å²) in [5.41, 5.74) is 7.00. The number of para-hydroxylation sites is 1. The van der Waals surface area contributed by atoms with Gasteiger partial charge in [0.1, 0.15) is 0 Å². The van der Waals surface area contributed by atoms with Crippen molar-refractivity contribution >= 4 is 40.7 Å². The minimum absolute atomic E-state index is 0.0248. The van der Waals surface area contributed by atoms with Crippen LogP contribution < -0.4 is 15.5 Å². The molecule has 42 heavy (non-hydrogen) atoms. The van der Waals surface area contributed by atoms with Crippen LogP contribution in [-0.2, 0) is 14.4 Å². The number of rotatable bonds is 6. The van der Waals surface area contributed by atoms with Crippen molar-refractivity contribution in [3.8, 4) is 0 Å². The van der Waals surface area contributed by atoms with Gasteiger partial charge >= 0.3 is 0 Å². The van der Waals surface area contributed by atoms with Gasteiger partial charge in [-0.1, -0.05) is 36.4 Å². The Morgan fingerprint density at radius 1 is 0.833 bits per heavy atom. The van der Waals surface area contributed by atoms with E-state index in [1.807, 2.05) is 80.3 Å². The number of hydrogen-bond donors (Lipinski definition) is 2. The van der Waals surface area contributed by atoms with Gasteiger partial charge < -0.3 is 20.4 Å². The second-order valence-electron chi connectivity index (χ2n) is 11.5. The summed E-state index contributed by atoms with van der Waals surface area (Å²) >= 11 is 0. The summed E-state index contributed by atoms with van der Waals surface area (Å²) in [6.45, 7) is 9.01. The van der Waals surface area contributed by atoms with Gasteiger partial charge in [-0.15, -0.1) is 0 Å². The predicted octanol–water partition coefficient (Wildman–Crippen LogP) is 5.58. The number of carbonyl (C=O) groups is 4. The van der Waals surface area contributed by atoms with Gasteiger partial charge in [-0.05, 0) is 86.1 Å². The molecule has 0 aromatic heterocycles. The van der Waals surface area contributed by atoms with Crippen molar-refractivity contribution in [1.82, 2.24) is 4.90 Å². The van der Waals surface area contributed by atoms with Crippen molar-refractivity contribution in [3.63, 3.8) is 0 Å². The number of carbonyl (C=O) groups excluding carboxylic acids is 4. The Hall–Kier alpha value is -4.46. The molecule has 2 fully saturated rings. The standard InChI is InChI=1S/C34H38N4O4/c1-21-8-9-27(18-30(21)35-24(4)39)34(42)37-16-14-26(15-17-37)25-10-12-29(13-11-25)36-33(41)28-19-31(40)38(20-28)32-22(2)6-5-7-23(32)3/h5-13,18,26,28H,14-17,19-20H2,1-4H3,(H,35,39)(H,36,41). The number of amides is 4. The molecule has 0 spiro atoms. The van der Waals surface area contributed by atoms with Crippen LogP contribution in [0.5, 0.6) is 0 Å². The van der Waals surface area contributed by atoms with E-state index in [0.717, 1.165) is 35.2 Å². The molecule has 5 rings (SSSR count). The Morgan fingerprint density at radius 3 is 2.14 bits per heavy atom. The van der Waals surface area contributed by atoms with Gasteiger partial charge in [0.2, 0.25) is 17.7 Å². The average Bonchev–Trinajstić information content (AvgIpc) is 3.35. The van der Waals surface area contributed by atoms with Gasteiger partial charge in [0.05, 0.1) is 5.92 Å². The van der Waals surface area contributed by atoms with Crippen molar-refractivity contribution in [2.24, 2.45) is 5.92 Å². The molecule has 0 aliphatic carbocycles. The van der Waals surface area contributed by atoms with E-state index >= 15 is 0 Å². The number of nitrogens with one attached hydrogen (secondary N) is 2. The Labute approximate surface area is 247 Å². The fourth-order valence-electron chi connectivity index (χ4n) is 6.09. The predicted molar refractivity (Wildman–Crippen MR) is 165 cm³/mol. The summed E-state index contributed by atoms with van der Waals surface area (Å²) in [5, 5.41) is 5.79. The highest BCUT2D eigenvalue weighted by molar-refractivity contribution is 6.04. The second kappa shape index (κ2) is 12.2. The zero-order chi connectivity index (χ0) is 30.0. The Kier molecular flexibility index (Phi) is 8.43. The third-order valence-electron chi connectivity index (χ3n) is 8.43. The van der Waals surface area contributed by atoms with Crippen molar-refractivity contribution in [2.75, 3.05) is 35.2 Å². The van der Waals surface area contributed by atoms with Gasteiger partial charge in [0.15, 0.2) is 0 Å². The average molecular weight is 567 g/mol. The summed E-state index contributed by atoms with van der Waals surface area (Å²) in [4.78, 5) is 54.1. The number of piperidine rings is 1. The molecule has 2 heterocycles. The minimum Gasteiger partial charge on any atom is -0.339 e. The van der Waals surface area contributed by atoms with E-state index < -0.39 is 5.92 Å². The van der Waals surface area contributed by atoms with Crippen LogP contribution in [0.15, 0.2) is 60.7 Å². The molecule has 218 valence electrons. The third-order valence-corrected chi connectivity index (χ3v) is 8.43. The van der Waals surface area contributed by atoms with Crippen LogP contribution in [0.4, 0.5) is 17.1 Å². The number of hydrogen-bond acceptors (Lipinski definition) is 4. The van der Waals surface area contributed by atoms with Crippen LogP contribution in [0, 0.1) is 26.7 Å². The number of benzene rings is 3. The monoisotopic (exact) mass is 566 g/mol. The lowest BCUT2D eigenvalue weighted by Gasteiger charge is -2.32. The molecule has 0 saturated carbocycles. The molecule has 2 aliphatic rings. The molecule has 3 aromatic rings. The first kappa shape index (κ1) is 29.0. The van der Waals surface area contributed by atoms with E-state index in [2.05, 4.69) is 10.6 Å². The summed E-state index contributed by atoms with van der Waals surface area (Å²) in [6.07, 6.45) is 1.90. The topological polar surface area (TPSA) is 98.8 Å². The maximum absolute atomic E-state index is 13.2. The van der Waals surface area contributed by atoms with Crippen LogP contribution in [0.3, 0.4) is 0 Å². The highest BCUT2D eigenvalue weighted by Crippen LogP contribution is 2.32. The van der Waals surface area contributed by atoms with Crippen LogP contribution in [0.25, 0.3) is 0 Å². The molecular formula is C34H38N4O4. The van der Waals surface area contributed by atoms with Gasteiger partial charge in [-0.2, -0.15) is 0 Å². The molecule has 2 N–H and O–H groups in total. The Morgan fingerprint density at radius 2 is 1.50 bits per heavy atom. The Bertz CT molecular complexity index is 1500. The molecule has 0 bridgehead atoms. The van der Waals surface area contributed by atoms with Crippen LogP contribution in [0.1, 0.15) is 64.7 Å². The minimum atomic E-state index is -0.402. The lowest BCUT2D eigenvalue weighted by molar-refractivity contribution is -0.122. The van der Waals surface area contributed by atoms with E-state index in [4.69, 9.17) is 0 Å². The molecule has 4 amide bonds. The maximum atomic E-state index is 13.2. The molecule has 2 aliphatic heterocycles. The van der Waals surface area contributed by atoms with Crippen molar-refractivity contribution in [2.45, 2.75) is 52.9 Å². The first-order valence-electron chi connectivity index (χ1n) is 14.6. The molecule has 0 radical (unpaired) electrons. The quantitative estimate of drug-likeness (QED) is 0.407. The first-order chi connectivity index (χ1) is 20.1. The lowest BCUT2D eigenvalue weighted by Crippen LogP contribution is -2.38. The largest absolute Gasteiger partial charge is 0.339 e. The van der Waals surface area contributed by atoms with E-state index in [-0.39, 0.29) is 30.0 Å². The van der Waals surface area contributed by atoms with Crippen molar-refractivity contribution in [3.05, 3.63) is 88.5 Å². The zero-order valence-electron chi connectivity index (χ0n) is 24.7. The highest BCUT2D eigenvalue weighted by Gasteiger charge is 2.36. The van der Waals surface area contributed by atoms with E-state index in [9.17, 15) is 19.2 Å². The van der Waals surface area contributed by atoms with E-state index in [0.29, 0.717) is 42.5 Å². The highest BCUT2D eigenvalue weighted by atomic mass is 16.2. The van der Waals surface area contributed by atoms with Crippen LogP contribution in [0.2, 0.25) is 0 Å². The SMILES string of the molecule is CC(=O)Nc1cc(C(=O)N2CCC(c3ccc(NC(=O)C4CC(=O)N(c5c(C)cccc5C)C4)cc3)CC2)ccc1C. The fraction of sp³-hybridized carbons (Fsp3) is 0.353. The number of aryl methyl sites for hydroxylation is 3. The molecule has 3 aromatic carbocycles. The van der Waals surface area contributed by atoms with Gasteiger partial charge in [-0.25, -0.2) is 0 Å². The number of anilines is 3. The van der Waals surface area contributed by atoms with Crippen molar-refractivity contribution < 1.29 is 19.2 Å². The van der Waals surface area contributed by atoms with Crippen LogP contribution >= 0.6 is 0 Å². The van der Waals surface area contributed by atoms with E-state index in [1.165, 1.54) is 12.5 Å². The van der Waals surface area contributed by atoms with Crippen LogP contribution in [-0.4, -0.2) is 48.2 Å². The van der Waals surface area contributed by atoms with E-state index in [1.54, 1.807) is 11.0 Å². The normalized spacial score (nSPS) is 17.3. The molecular weight excluding hydrogens is 528 g/mol. The number of likely N-dealkylation sites (tertiary alicyclic amines) is 1. The fourth-order valence-corrected chi connectivity index (χ4v) is 6.09. The molecule has 1 unspecified atom stereocenters. The first-order valence-corrected chi connectivity index (χ1v) is 14.6. The van der Waals surface area contributed by atoms with Gasteiger partial charge in [0.25, 0.3) is 5.91 Å². The molecule has 8 heteroatoms. The van der Waals surface area contributed by atoms with Gasteiger partial charge in [0, 0.05) is 55.6 Å². The summed E-state index contributed by atoms with van der Waals surface area (Å²) in [7, 11) is 0. The smallest absolute Gasteiger partial charge is 0.253 e. The molecule has 8 nitrogen and oxygen atoms in total. The van der Waals surface area contributed by atoms with Gasteiger partial charge in [-0.3, -0.25) is 19.2 Å². The Balaban J connectivity index is 1.15. The molecule has 1 atom stereocenters. The maximum Gasteiger partial charge on any atom is 0.253 e.